The predicted octanol–water partition coefficient (Wildman–Crippen LogP) is 1.57. The van der Waals surface area contributed by atoms with Gasteiger partial charge in [-0.15, -0.1) is 0 Å². The lowest BCUT2D eigenvalue weighted by Gasteiger charge is -2.34. The van der Waals surface area contributed by atoms with Crippen molar-refractivity contribution in [2.75, 3.05) is 0 Å². The average Bonchev–Trinajstić information content (AvgIpc) is 2.86. The maximum Gasteiger partial charge on any atom is 0.250 e. The second kappa shape index (κ2) is 5.14. The number of nitrogens with two attached hydrogens (primary N) is 1. The van der Waals surface area contributed by atoms with Crippen LogP contribution < -0.4 is 11.3 Å². The van der Waals surface area contributed by atoms with Crippen LogP contribution in [0.1, 0.15) is 31.0 Å². The summed E-state index contributed by atoms with van der Waals surface area (Å²) in [6.07, 6.45) is 5.16. The molecule has 3 rings (SSSR count). The first-order chi connectivity index (χ1) is 9.57. The third-order valence-corrected chi connectivity index (χ3v) is 4.14. The molecule has 6 nitrogen and oxygen atoms in total. The summed E-state index contributed by atoms with van der Waals surface area (Å²) in [6, 6.07) is 3.24. The van der Waals surface area contributed by atoms with Crippen molar-refractivity contribution >= 4 is 15.9 Å². The number of hydrogen-bond acceptors (Lipinski definition) is 5. The monoisotopic (exact) mass is 338 g/mol. The molecule has 2 aromatic heterocycles. The molecule has 20 heavy (non-hydrogen) atoms. The number of aryl methyl sites for hydroxylation is 2. The van der Waals surface area contributed by atoms with E-state index in [1.54, 1.807) is 16.8 Å². The van der Waals surface area contributed by atoms with Crippen LogP contribution >= 0.6 is 15.9 Å². The van der Waals surface area contributed by atoms with Crippen molar-refractivity contribution in [1.29, 1.82) is 0 Å². The van der Waals surface area contributed by atoms with E-state index < -0.39 is 5.54 Å². The zero-order valence-electron chi connectivity index (χ0n) is 10.9. The number of hydrogen-bond donors (Lipinski definition) is 1. The van der Waals surface area contributed by atoms with Gasteiger partial charge in [0.1, 0.15) is 0 Å². The Morgan fingerprint density at radius 2 is 2.25 bits per heavy atom. The second-order valence-corrected chi connectivity index (χ2v) is 6.07. The van der Waals surface area contributed by atoms with Gasteiger partial charge in [-0.05, 0) is 41.3 Å². The molecule has 0 aromatic carbocycles. The van der Waals surface area contributed by atoms with E-state index in [0.29, 0.717) is 24.7 Å². The van der Waals surface area contributed by atoms with E-state index in [9.17, 15) is 4.79 Å². The Balaban J connectivity index is 1.70. The molecule has 0 aliphatic heterocycles. The van der Waals surface area contributed by atoms with Crippen molar-refractivity contribution in [2.24, 2.45) is 5.73 Å². The molecule has 0 spiro atoms. The standard InChI is InChI=1S/C13H15BrN4O2/c14-9-2-3-11(19)18(8-9)7-4-10-16-12(17-20-10)13(15)5-1-6-13/h2-3,8H,1,4-7,15H2. The minimum absolute atomic E-state index is 0.0535. The third-order valence-electron chi connectivity index (χ3n) is 3.67. The number of pyridine rings is 1. The quantitative estimate of drug-likeness (QED) is 0.914. The van der Waals surface area contributed by atoms with Crippen LogP contribution in [0.3, 0.4) is 0 Å². The normalized spacial score (nSPS) is 16.9. The minimum atomic E-state index is -0.408. The number of nitrogens with zero attached hydrogens (tertiary/aromatic N) is 3. The van der Waals surface area contributed by atoms with Gasteiger partial charge in [-0.3, -0.25) is 4.79 Å². The molecular formula is C13H15BrN4O2. The molecule has 2 aromatic rings. The molecule has 0 bridgehead atoms. The first-order valence-electron chi connectivity index (χ1n) is 6.55. The van der Waals surface area contributed by atoms with Gasteiger partial charge in [0, 0.05) is 29.7 Å². The smallest absolute Gasteiger partial charge is 0.250 e. The number of aromatic nitrogens is 3. The third kappa shape index (κ3) is 2.55. The van der Waals surface area contributed by atoms with Crippen LogP contribution in [0.2, 0.25) is 0 Å². The fraction of sp³-hybridized carbons (Fsp3) is 0.462. The molecule has 0 unspecified atom stereocenters. The summed E-state index contributed by atoms with van der Waals surface area (Å²) < 4.78 is 7.68. The van der Waals surface area contributed by atoms with Crippen molar-refractivity contribution in [1.82, 2.24) is 14.7 Å². The van der Waals surface area contributed by atoms with E-state index in [1.807, 2.05) is 0 Å². The van der Waals surface area contributed by atoms with Gasteiger partial charge in [-0.1, -0.05) is 5.16 Å². The molecule has 0 radical (unpaired) electrons. The van der Waals surface area contributed by atoms with Crippen LogP contribution in [0.25, 0.3) is 0 Å². The Hall–Kier alpha value is -1.47. The number of halogens is 1. The average molecular weight is 339 g/mol. The summed E-state index contributed by atoms with van der Waals surface area (Å²) in [4.78, 5) is 16.0. The van der Waals surface area contributed by atoms with Crippen LogP contribution in [0.4, 0.5) is 0 Å². The highest BCUT2D eigenvalue weighted by Crippen LogP contribution is 2.36. The summed E-state index contributed by atoms with van der Waals surface area (Å²) in [6.45, 7) is 0.497. The molecule has 2 N–H and O–H groups in total. The largest absolute Gasteiger partial charge is 0.339 e. The van der Waals surface area contributed by atoms with E-state index in [-0.39, 0.29) is 5.56 Å². The Bertz CT molecular complexity index is 675. The SMILES string of the molecule is NC1(c2noc(CCn3cc(Br)ccc3=O)n2)CCC1. The minimum Gasteiger partial charge on any atom is -0.339 e. The van der Waals surface area contributed by atoms with Crippen molar-refractivity contribution in [3.8, 4) is 0 Å². The molecule has 7 heteroatoms. The number of rotatable bonds is 4. The highest BCUT2D eigenvalue weighted by molar-refractivity contribution is 9.10. The Labute approximate surface area is 124 Å². The van der Waals surface area contributed by atoms with Gasteiger partial charge in [0.05, 0.1) is 5.54 Å². The first kappa shape index (κ1) is 13.5. The second-order valence-electron chi connectivity index (χ2n) is 5.15. The van der Waals surface area contributed by atoms with Gasteiger partial charge >= 0.3 is 0 Å². The molecule has 1 saturated carbocycles. The van der Waals surface area contributed by atoms with E-state index >= 15 is 0 Å². The molecule has 106 valence electrons. The van der Waals surface area contributed by atoms with Crippen molar-refractivity contribution in [2.45, 2.75) is 37.8 Å². The van der Waals surface area contributed by atoms with Gasteiger partial charge < -0.3 is 14.8 Å². The highest BCUT2D eigenvalue weighted by Gasteiger charge is 2.38. The van der Waals surface area contributed by atoms with Crippen LogP contribution in [-0.4, -0.2) is 14.7 Å². The van der Waals surface area contributed by atoms with Crippen LogP contribution in [0, 0.1) is 0 Å². The summed E-state index contributed by atoms with van der Waals surface area (Å²) in [5, 5.41) is 3.95. The zero-order valence-corrected chi connectivity index (χ0v) is 12.5. The summed E-state index contributed by atoms with van der Waals surface area (Å²) in [5.74, 6) is 1.10. The molecular weight excluding hydrogens is 324 g/mol. The van der Waals surface area contributed by atoms with Gasteiger partial charge in [0.2, 0.25) is 5.89 Å². The van der Waals surface area contributed by atoms with Crippen LogP contribution in [-0.2, 0) is 18.5 Å². The maximum atomic E-state index is 11.7. The fourth-order valence-corrected chi connectivity index (χ4v) is 2.61. The van der Waals surface area contributed by atoms with Gasteiger partial charge in [0.25, 0.3) is 5.56 Å². The van der Waals surface area contributed by atoms with Crippen molar-refractivity contribution in [3.63, 3.8) is 0 Å². The van der Waals surface area contributed by atoms with Gasteiger partial charge in [-0.25, -0.2) is 0 Å². The van der Waals surface area contributed by atoms with E-state index in [4.69, 9.17) is 10.3 Å². The predicted molar refractivity (Wildman–Crippen MR) is 76.1 cm³/mol. The molecule has 2 heterocycles. The lowest BCUT2D eigenvalue weighted by molar-refractivity contribution is 0.229. The van der Waals surface area contributed by atoms with Gasteiger partial charge in [0.15, 0.2) is 5.82 Å². The lowest BCUT2D eigenvalue weighted by atomic mass is 9.77. The summed E-state index contributed by atoms with van der Waals surface area (Å²) in [7, 11) is 0. The maximum absolute atomic E-state index is 11.7. The molecule has 1 fully saturated rings. The van der Waals surface area contributed by atoms with Crippen LogP contribution in [0.15, 0.2) is 32.1 Å². The Morgan fingerprint density at radius 3 is 2.95 bits per heavy atom. The molecule has 0 atom stereocenters. The molecule has 1 aliphatic carbocycles. The Kier molecular flexibility index (Phi) is 3.47. The fourth-order valence-electron chi connectivity index (χ4n) is 2.23. The molecule has 1 aliphatic rings. The van der Waals surface area contributed by atoms with Crippen LogP contribution in [0.5, 0.6) is 0 Å². The van der Waals surface area contributed by atoms with Crippen molar-refractivity contribution < 1.29 is 4.52 Å². The van der Waals surface area contributed by atoms with Crippen molar-refractivity contribution in [3.05, 3.63) is 44.9 Å². The summed E-state index contributed by atoms with van der Waals surface area (Å²) >= 11 is 3.34. The zero-order chi connectivity index (χ0) is 14.2. The summed E-state index contributed by atoms with van der Waals surface area (Å²) in [5.41, 5.74) is 5.68. The van der Waals surface area contributed by atoms with Gasteiger partial charge in [-0.2, -0.15) is 4.98 Å². The molecule has 0 saturated heterocycles. The van der Waals surface area contributed by atoms with E-state index in [0.717, 1.165) is 23.7 Å². The topological polar surface area (TPSA) is 86.9 Å². The first-order valence-corrected chi connectivity index (χ1v) is 7.34. The molecule has 0 amide bonds. The Morgan fingerprint density at radius 1 is 1.45 bits per heavy atom. The lowest BCUT2D eigenvalue weighted by Crippen LogP contribution is -2.44. The van der Waals surface area contributed by atoms with E-state index in [2.05, 4.69) is 26.1 Å². The highest BCUT2D eigenvalue weighted by atomic mass is 79.9. The van der Waals surface area contributed by atoms with E-state index in [1.165, 1.54) is 6.07 Å².